The molecule has 0 saturated carbocycles. The second-order valence-electron chi connectivity index (χ2n) is 3.01. The number of carbonyl (C=O) groups excluding carboxylic acids is 1. The van der Waals surface area contributed by atoms with Gasteiger partial charge < -0.3 is 4.74 Å². The van der Waals surface area contributed by atoms with Gasteiger partial charge in [-0.05, 0) is 6.42 Å². The van der Waals surface area contributed by atoms with Crippen LogP contribution in [0.1, 0.15) is 18.9 Å². The summed E-state index contributed by atoms with van der Waals surface area (Å²) in [7, 11) is 1.19. The Morgan fingerprint density at radius 1 is 1.43 bits per heavy atom. The maximum atomic E-state index is 14.2. The maximum absolute atomic E-state index is 14.2. The lowest BCUT2D eigenvalue weighted by atomic mass is 9.93. The predicted octanol–water partition coefficient (Wildman–Crippen LogP) is 2.43. The van der Waals surface area contributed by atoms with Crippen molar-refractivity contribution in [1.82, 2.24) is 0 Å². The summed E-state index contributed by atoms with van der Waals surface area (Å²) in [5.41, 5.74) is -1.68. The first-order chi connectivity index (χ1) is 6.65. The van der Waals surface area contributed by atoms with E-state index in [4.69, 9.17) is 0 Å². The van der Waals surface area contributed by atoms with E-state index in [1.54, 1.807) is 37.3 Å². The lowest BCUT2D eigenvalue weighted by molar-refractivity contribution is -0.155. The fraction of sp³-hybridized carbons (Fsp3) is 0.364. The highest BCUT2D eigenvalue weighted by atomic mass is 19.1. The minimum absolute atomic E-state index is 0.0731. The van der Waals surface area contributed by atoms with Gasteiger partial charge in [-0.3, -0.25) is 0 Å². The topological polar surface area (TPSA) is 26.3 Å². The molecule has 0 saturated heterocycles. The van der Waals surface area contributed by atoms with Crippen LogP contribution in [0.15, 0.2) is 30.3 Å². The van der Waals surface area contributed by atoms with Gasteiger partial charge in [0, 0.05) is 5.56 Å². The highest BCUT2D eigenvalue weighted by molar-refractivity contribution is 5.81. The number of ether oxygens (including phenoxy) is 1. The molecule has 1 rings (SSSR count). The number of rotatable bonds is 3. The van der Waals surface area contributed by atoms with Gasteiger partial charge in [0.15, 0.2) is 0 Å². The molecule has 76 valence electrons. The minimum Gasteiger partial charge on any atom is -0.466 e. The van der Waals surface area contributed by atoms with Crippen LogP contribution in [-0.2, 0) is 15.2 Å². The van der Waals surface area contributed by atoms with Crippen molar-refractivity contribution >= 4 is 5.97 Å². The monoisotopic (exact) mass is 196 g/mol. The summed E-state index contributed by atoms with van der Waals surface area (Å²) in [6, 6.07) is 8.34. The van der Waals surface area contributed by atoms with Crippen LogP contribution in [-0.4, -0.2) is 13.1 Å². The Morgan fingerprint density at radius 2 is 2.00 bits per heavy atom. The van der Waals surface area contributed by atoms with Crippen molar-refractivity contribution in [3.8, 4) is 0 Å². The second-order valence-corrected chi connectivity index (χ2v) is 3.01. The average Bonchev–Trinajstić information content (AvgIpc) is 2.28. The van der Waals surface area contributed by atoms with Crippen molar-refractivity contribution in [2.75, 3.05) is 7.11 Å². The molecule has 1 atom stereocenters. The Kier molecular flexibility index (Phi) is 3.23. The molecule has 3 heteroatoms. The molecule has 0 radical (unpaired) electrons. The zero-order valence-corrected chi connectivity index (χ0v) is 8.29. The third kappa shape index (κ3) is 1.76. The molecule has 0 unspecified atom stereocenters. The molecule has 0 aliphatic heterocycles. The van der Waals surface area contributed by atoms with E-state index in [2.05, 4.69) is 4.74 Å². The van der Waals surface area contributed by atoms with E-state index in [1.807, 2.05) is 0 Å². The molecular formula is C11H13FO2. The zero-order chi connectivity index (χ0) is 10.6. The smallest absolute Gasteiger partial charge is 0.348 e. The van der Waals surface area contributed by atoms with Crippen molar-refractivity contribution in [2.24, 2.45) is 0 Å². The van der Waals surface area contributed by atoms with Gasteiger partial charge in [-0.25, -0.2) is 9.18 Å². The van der Waals surface area contributed by atoms with Gasteiger partial charge in [-0.15, -0.1) is 0 Å². The molecule has 0 amide bonds. The fourth-order valence-corrected chi connectivity index (χ4v) is 1.33. The molecule has 14 heavy (non-hydrogen) atoms. The lowest BCUT2D eigenvalue weighted by Gasteiger charge is -2.20. The van der Waals surface area contributed by atoms with Crippen molar-refractivity contribution < 1.29 is 13.9 Å². The summed E-state index contributed by atoms with van der Waals surface area (Å²) in [5.74, 6) is -0.841. The van der Waals surface area contributed by atoms with Crippen molar-refractivity contribution in [2.45, 2.75) is 19.0 Å². The van der Waals surface area contributed by atoms with Crippen LogP contribution in [0.4, 0.5) is 4.39 Å². The number of carbonyl (C=O) groups is 1. The molecule has 2 nitrogen and oxygen atoms in total. The van der Waals surface area contributed by atoms with Crippen molar-refractivity contribution in [1.29, 1.82) is 0 Å². The summed E-state index contributed by atoms with van der Waals surface area (Å²) in [6.07, 6.45) is 0.0731. The van der Waals surface area contributed by atoms with Crippen LogP contribution >= 0.6 is 0 Å². The summed E-state index contributed by atoms with van der Waals surface area (Å²) in [4.78, 5) is 11.3. The highest BCUT2D eigenvalue weighted by Gasteiger charge is 2.39. The Hall–Kier alpha value is -1.38. The van der Waals surface area contributed by atoms with E-state index < -0.39 is 11.6 Å². The number of hydrogen-bond donors (Lipinski definition) is 0. The van der Waals surface area contributed by atoms with Crippen molar-refractivity contribution in [3.05, 3.63) is 35.9 Å². The number of hydrogen-bond acceptors (Lipinski definition) is 2. The fourth-order valence-electron chi connectivity index (χ4n) is 1.33. The third-order valence-corrected chi connectivity index (χ3v) is 2.23. The molecule has 1 aromatic carbocycles. The SMILES string of the molecule is CC[C@](F)(C(=O)OC)c1ccccc1. The number of benzene rings is 1. The van der Waals surface area contributed by atoms with Crippen molar-refractivity contribution in [3.63, 3.8) is 0 Å². The summed E-state index contributed by atoms with van der Waals surface area (Å²) < 4.78 is 18.6. The van der Waals surface area contributed by atoms with Crippen LogP contribution in [0.25, 0.3) is 0 Å². The zero-order valence-electron chi connectivity index (χ0n) is 8.29. The van der Waals surface area contributed by atoms with Crippen LogP contribution in [0.3, 0.4) is 0 Å². The number of halogens is 1. The molecule has 0 aromatic heterocycles. The molecule has 0 spiro atoms. The quantitative estimate of drug-likeness (QED) is 0.694. The normalized spacial score (nSPS) is 14.5. The summed E-state index contributed by atoms with van der Waals surface area (Å²) in [5, 5.41) is 0. The number of methoxy groups -OCH3 is 1. The van der Waals surface area contributed by atoms with Gasteiger partial charge in [0.2, 0.25) is 5.67 Å². The average molecular weight is 196 g/mol. The second kappa shape index (κ2) is 4.22. The Labute approximate surface area is 82.7 Å². The molecule has 0 heterocycles. The Bertz CT molecular complexity index is 310. The van der Waals surface area contributed by atoms with Gasteiger partial charge in [0.25, 0.3) is 0 Å². The standard InChI is InChI=1S/C11H13FO2/c1-3-11(12,10(13)14-2)9-7-5-4-6-8-9/h4-8H,3H2,1-2H3/t11-/m1/s1. The molecule has 0 fully saturated rings. The largest absolute Gasteiger partial charge is 0.466 e. The first-order valence-electron chi connectivity index (χ1n) is 4.48. The van der Waals surface area contributed by atoms with E-state index in [1.165, 1.54) is 7.11 Å². The van der Waals surface area contributed by atoms with Crippen LogP contribution < -0.4 is 0 Å². The van der Waals surface area contributed by atoms with Gasteiger partial charge in [0.1, 0.15) is 0 Å². The van der Waals surface area contributed by atoms with Crippen LogP contribution in [0.5, 0.6) is 0 Å². The summed E-state index contributed by atoms with van der Waals surface area (Å²) in [6.45, 7) is 1.62. The minimum atomic E-state index is -2.02. The highest BCUT2D eigenvalue weighted by Crippen LogP contribution is 2.30. The van der Waals surface area contributed by atoms with E-state index in [0.29, 0.717) is 5.56 Å². The first kappa shape index (κ1) is 10.7. The van der Waals surface area contributed by atoms with Gasteiger partial charge >= 0.3 is 5.97 Å². The van der Waals surface area contributed by atoms with Gasteiger partial charge in [-0.1, -0.05) is 37.3 Å². The molecule has 0 N–H and O–H groups in total. The van der Waals surface area contributed by atoms with Crippen LogP contribution in [0.2, 0.25) is 0 Å². The number of alkyl halides is 1. The third-order valence-electron chi connectivity index (χ3n) is 2.23. The summed E-state index contributed by atoms with van der Waals surface area (Å²) >= 11 is 0. The predicted molar refractivity (Wildman–Crippen MR) is 51.5 cm³/mol. The first-order valence-corrected chi connectivity index (χ1v) is 4.48. The van der Waals surface area contributed by atoms with Crippen LogP contribution in [0, 0.1) is 0 Å². The Balaban J connectivity index is 3.08. The van der Waals surface area contributed by atoms with Gasteiger partial charge in [0.05, 0.1) is 7.11 Å². The molecular weight excluding hydrogens is 183 g/mol. The molecule has 1 aromatic rings. The Morgan fingerprint density at radius 3 is 2.43 bits per heavy atom. The van der Waals surface area contributed by atoms with E-state index in [0.717, 1.165) is 0 Å². The van der Waals surface area contributed by atoms with E-state index in [9.17, 15) is 9.18 Å². The lowest BCUT2D eigenvalue weighted by Crippen LogP contribution is -2.31. The molecule has 0 bridgehead atoms. The van der Waals surface area contributed by atoms with E-state index in [-0.39, 0.29) is 6.42 Å². The molecule has 0 aliphatic carbocycles. The van der Waals surface area contributed by atoms with E-state index >= 15 is 0 Å². The number of esters is 1. The maximum Gasteiger partial charge on any atom is 0.348 e. The molecule has 0 aliphatic rings. The van der Waals surface area contributed by atoms with Gasteiger partial charge in [-0.2, -0.15) is 0 Å².